The summed E-state index contributed by atoms with van der Waals surface area (Å²) in [5.41, 5.74) is 5.80. The first-order chi connectivity index (χ1) is 10.1. The van der Waals surface area contributed by atoms with Crippen LogP contribution in [0.2, 0.25) is 0 Å². The van der Waals surface area contributed by atoms with E-state index in [1.807, 2.05) is 0 Å². The van der Waals surface area contributed by atoms with Crippen LogP contribution in [0.15, 0.2) is 18.2 Å². The molecule has 0 aromatic heterocycles. The Bertz CT molecular complexity index is 551. The highest BCUT2D eigenvalue weighted by Crippen LogP contribution is 2.21. The molecule has 7 heteroatoms. The van der Waals surface area contributed by atoms with Gasteiger partial charge in [-0.15, -0.1) is 0 Å². The molecule has 0 aliphatic heterocycles. The number of nitrogens with one attached hydrogen (secondary N) is 1. The summed E-state index contributed by atoms with van der Waals surface area (Å²) >= 11 is 0. The van der Waals surface area contributed by atoms with Crippen molar-refractivity contribution in [2.75, 3.05) is 12.8 Å². The third-order valence-electron chi connectivity index (χ3n) is 2.71. The number of hydrogen-bond acceptors (Lipinski definition) is 6. The highest BCUT2D eigenvalue weighted by atomic mass is 16.6. The number of carbonyl (C=O) groups is 2. The lowest BCUT2D eigenvalue weighted by Crippen LogP contribution is -2.45. The number of anilines is 1. The molecular weight excluding hydrogens is 288 g/mol. The lowest BCUT2D eigenvalue weighted by atomic mass is 10.1. The lowest BCUT2D eigenvalue weighted by molar-refractivity contribution is -0.143. The van der Waals surface area contributed by atoms with Gasteiger partial charge < -0.3 is 25.6 Å². The summed E-state index contributed by atoms with van der Waals surface area (Å²) in [5.74, 6) is -0.643. The third-order valence-corrected chi connectivity index (χ3v) is 2.71. The molecule has 0 bridgehead atoms. The molecule has 1 aromatic rings. The Balaban J connectivity index is 2.82. The normalized spacial score (nSPS) is 12.4. The highest BCUT2D eigenvalue weighted by Gasteiger charge is 2.25. The van der Waals surface area contributed by atoms with Gasteiger partial charge in [0.15, 0.2) is 0 Å². The number of phenols is 1. The summed E-state index contributed by atoms with van der Waals surface area (Å²) in [4.78, 5) is 23.6. The quantitative estimate of drug-likeness (QED) is 0.442. The number of hydrogen-bond donors (Lipinski definition) is 3. The van der Waals surface area contributed by atoms with Gasteiger partial charge >= 0.3 is 12.1 Å². The molecular formula is C15H22N2O5. The maximum absolute atomic E-state index is 11.8. The zero-order chi connectivity index (χ0) is 16.9. The molecule has 22 heavy (non-hydrogen) atoms. The molecule has 0 fully saturated rings. The number of aromatic hydroxyl groups is 1. The second-order valence-electron chi connectivity index (χ2n) is 5.82. The van der Waals surface area contributed by atoms with E-state index in [0.717, 1.165) is 0 Å². The summed E-state index contributed by atoms with van der Waals surface area (Å²) in [5, 5.41) is 11.9. The van der Waals surface area contributed by atoms with E-state index in [4.69, 9.17) is 10.5 Å². The molecule has 0 aliphatic carbocycles. The van der Waals surface area contributed by atoms with Crippen molar-refractivity contribution < 1.29 is 24.2 Å². The Kier molecular flexibility index (Phi) is 5.62. The minimum Gasteiger partial charge on any atom is -0.506 e. The first-order valence-electron chi connectivity index (χ1n) is 6.77. The Hall–Kier alpha value is -2.44. The third kappa shape index (κ3) is 5.51. The summed E-state index contributed by atoms with van der Waals surface area (Å²) in [7, 11) is 1.23. The predicted molar refractivity (Wildman–Crippen MR) is 81.4 cm³/mol. The standard InChI is InChI=1S/C15H22N2O5/c1-15(2,3)22-14(20)17-11(13(19)21-4)8-9-5-6-12(18)10(16)7-9/h5-7,11,18H,8,16H2,1-4H3,(H,17,20)/t11-/m0/s1. The molecule has 7 nitrogen and oxygen atoms in total. The van der Waals surface area contributed by atoms with Crippen LogP contribution < -0.4 is 11.1 Å². The summed E-state index contributed by atoms with van der Waals surface area (Å²) in [6, 6.07) is 3.65. The molecule has 0 aliphatic rings. The van der Waals surface area contributed by atoms with E-state index in [9.17, 15) is 14.7 Å². The van der Waals surface area contributed by atoms with Crippen molar-refractivity contribution in [3.63, 3.8) is 0 Å². The number of phenolic OH excluding ortho intramolecular Hbond substituents is 1. The molecule has 1 atom stereocenters. The van der Waals surface area contributed by atoms with Gasteiger partial charge in [-0.05, 0) is 38.5 Å². The van der Waals surface area contributed by atoms with Crippen LogP contribution >= 0.6 is 0 Å². The van der Waals surface area contributed by atoms with Gasteiger partial charge in [0.05, 0.1) is 12.8 Å². The molecule has 0 saturated carbocycles. The van der Waals surface area contributed by atoms with Gasteiger partial charge in [0.1, 0.15) is 17.4 Å². The zero-order valence-corrected chi connectivity index (χ0v) is 13.2. The monoisotopic (exact) mass is 310 g/mol. The van der Waals surface area contributed by atoms with Crippen LogP contribution in [0.25, 0.3) is 0 Å². The van der Waals surface area contributed by atoms with Crippen molar-refractivity contribution in [3.8, 4) is 5.75 Å². The molecule has 122 valence electrons. The average molecular weight is 310 g/mol. The largest absolute Gasteiger partial charge is 0.506 e. The number of alkyl carbamates (subject to hydrolysis) is 1. The second kappa shape index (κ2) is 7.02. The Morgan fingerprint density at radius 3 is 2.50 bits per heavy atom. The van der Waals surface area contributed by atoms with Crippen LogP contribution in [0.1, 0.15) is 26.3 Å². The minimum absolute atomic E-state index is 0.0431. The fraction of sp³-hybridized carbons (Fsp3) is 0.467. The van der Waals surface area contributed by atoms with E-state index in [2.05, 4.69) is 10.1 Å². The molecule has 4 N–H and O–H groups in total. The van der Waals surface area contributed by atoms with E-state index in [-0.39, 0.29) is 17.9 Å². The number of carbonyl (C=O) groups excluding carboxylic acids is 2. The van der Waals surface area contributed by atoms with Crippen molar-refractivity contribution in [2.24, 2.45) is 0 Å². The molecule has 1 amide bonds. The van der Waals surface area contributed by atoms with Crippen LogP contribution in [0.5, 0.6) is 5.75 Å². The Labute approximate surface area is 129 Å². The maximum atomic E-state index is 11.8. The predicted octanol–water partition coefficient (Wildman–Crippen LogP) is 1.58. The van der Waals surface area contributed by atoms with Gasteiger partial charge in [0.2, 0.25) is 0 Å². The number of ether oxygens (including phenoxy) is 2. The van der Waals surface area contributed by atoms with Gasteiger partial charge in [-0.2, -0.15) is 0 Å². The van der Waals surface area contributed by atoms with Crippen molar-refractivity contribution in [2.45, 2.75) is 38.8 Å². The number of amides is 1. The van der Waals surface area contributed by atoms with E-state index < -0.39 is 23.7 Å². The van der Waals surface area contributed by atoms with Crippen molar-refractivity contribution in [1.29, 1.82) is 0 Å². The van der Waals surface area contributed by atoms with Crippen LogP contribution in [-0.4, -0.2) is 35.9 Å². The molecule has 0 heterocycles. The Morgan fingerprint density at radius 2 is 2.00 bits per heavy atom. The molecule has 1 rings (SSSR count). The molecule has 1 aromatic carbocycles. The lowest BCUT2D eigenvalue weighted by Gasteiger charge is -2.22. The molecule has 0 radical (unpaired) electrons. The van der Waals surface area contributed by atoms with E-state index in [0.29, 0.717) is 5.56 Å². The summed E-state index contributed by atoms with van der Waals surface area (Å²) in [6.45, 7) is 5.17. The Morgan fingerprint density at radius 1 is 1.36 bits per heavy atom. The molecule has 0 unspecified atom stereocenters. The van der Waals surface area contributed by atoms with Gasteiger partial charge in [0, 0.05) is 6.42 Å². The number of nitrogens with two attached hydrogens (primary N) is 1. The highest BCUT2D eigenvalue weighted by molar-refractivity contribution is 5.81. The first kappa shape index (κ1) is 17.6. The van der Waals surface area contributed by atoms with E-state index in [1.54, 1.807) is 26.8 Å². The van der Waals surface area contributed by atoms with Crippen molar-refractivity contribution in [1.82, 2.24) is 5.32 Å². The van der Waals surface area contributed by atoms with Crippen LogP contribution in [-0.2, 0) is 20.7 Å². The fourth-order valence-corrected chi connectivity index (χ4v) is 1.75. The average Bonchev–Trinajstić information content (AvgIpc) is 2.39. The minimum atomic E-state index is -0.913. The SMILES string of the molecule is COC(=O)[C@H](Cc1ccc(O)c(N)c1)NC(=O)OC(C)(C)C. The smallest absolute Gasteiger partial charge is 0.408 e. The second-order valence-corrected chi connectivity index (χ2v) is 5.82. The molecule has 0 saturated heterocycles. The van der Waals surface area contributed by atoms with Crippen LogP contribution in [0, 0.1) is 0 Å². The topological polar surface area (TPSA) is 111 Å². The number of nitrogen functional groups attached to an aromatic ring is 1. The van der Waals surface area contributed by atoms with Crippen LogP contribution in [0.4, 0.5) is 10.5 Å². The van der Waals surface area contributed by atoms with E-state index >= 15 is 0 Å². The van der Waals surface area contributed by atoms with Gasteiger partial charge in [-0.3, -0.25) is 0 Å². The van der Waals surface area contributed by atoms with E-state index in [1.165, 1.54) is 19.2 Å². The zero-order valence-electron chi connectivity index (χ0n) is 13.2. The van der Waals surface area contributed by atoms with Gasteiger partial charge in [0.25, 0.3) is 0 Å². The summed E-state index contributed by atoms with van der Waals surface area (Å²) in [6.07, 6.45) is -0.550. The maximum Gasteiger partial charge on any atom is 0.408 e. The number of benzene rings is 1. The summed E-state index contributed by atoms with van der Waals surface area (Å²) < 4.78 is 9.80. The number of methoxy groups -OCH3 is 1. The van der Waals surface area contributed by atoms with Crippen LogP contribution in [0.3, 0.4) is 0 Å². The first-order valence-corrected chi connectivity index (χ1v) is 6.77. The van der Waals surface area contributed by atoms with Crippen molar-refractivity contribution in [3.05, 3.63) is 23.8 Å². The fourth-order valence-electron chi connectivity index (χ4n) is 1.75. The van der Waals surface area contributed by atoms with Crippen molar-refractivity contribution >= 4 is 17.7 Å². The van der Waals surface area contributed by atoms with Gasteiger partial charge in [-0.1, -0.05) is 6.07 Å². The number of esters is 1. The number of rotatable bonds is 4. The molecule has 0 spiro atoms. The van der Waals surface area contributed by atoms with Gasteiger partial charge in [-0.25, -0.2) is 9.59 Å².